The van der Waals surface area contributed by atoms with Crippen molar-refractivity contribution < 1.29 is 4.42 Å². The van der Waals surface area contributed by atoms with E-state index < -0.39 is 0 Å². The zero-order valence-electron chi connectivity index (χ0n) is 10.7. The zero-order chi connectivity index (χ0) is 14.7. The van der Waals surface area contributed by atoms with Crippen LogP contribution >= 0.6 is 23.4 Å². The Balaban J connectivity index is 1.72. The third kappa shape index (κ3) is 3.32. The Labute approximate surface area is 129 Å². The van der Waals surface area contributed by atoms with Gasteiger partial charge in [0.1, 0.15) is 6.33 Å². The predicted molar refractivity (Wildman–Crippen MR) is 80.7 cm³/mol. The number of halogens is 1. The van der Waals surface area contributed by atoms with Crippen molar-refractivity contribution in [3.63, 3.8) is 0 Å². The minimum atomic E-state index is 0.191. The second kappa shape index (κ2) is 6.11. The molecule has 3 aromatic rings. The minimum Gasteiger partial charge on any atom is -0.440 e. The smallest absolute Gasteiger partial charge is 0.223 e. The van der Waals surface area contributed by atoms with E-state index in [2.05, 4.69) is 19.9 Å². The molecule has 106 valence electrons. The van der Waals surface area contributed by atoms with Gasteiger partial charge in [0, 0.05) is 5.56 Å². The molecule has 3 rings (SSSR count). The fourth-order valence-electron chi connectivity index (χ4n) is 1.65. The molecule has 0 unspecified atom stereocenters. The van der Waals surface area contributed by atoms with Crippen molar-refractivity contribution in [3.05, 3.63) is 47.7 Å². The van der Waals surface area contributed by atoms with E-state index in [1.165, 1.54) is 18.1 Å². The van der Waals surface area contributed by atoms with Crippen LogP contribution in [-0.2, 0) is 5.75 Å². The number of aromatic nitrogens is 4. The standard InChI is InChI=1S/C13H10ClN5OS/c14-9-4-2-1-3-8(9)10-5-16-11(20-10)6-21-13-18-7-17-12(15)19-13/h1-5,7H,6H2,(H2,15,17,18,19). The highest BCUT2D eigenvalue weighted by Gasteiger charge is 2.10. The number of thioether (sulfide) groups is 1. The number of oxazole rings is 1. The van der Waals surface area contributed by atoms with E-state index in [1.54, 1.807) is 12.3 Å². The lowest BCUT2D eigenvalue weighted by molar-refractivity contribution is 0.530. The van der Waals surface area contributed by atoms with Crippen molar-refractivity contribution in [1.82, 2.24) is 19.9 Å². The van der Waals surface area contributed by atoms with E-state index in [0.29, 0.717) is 27.6 Å². The first-order valence-corrected chi connectivity index (χ1v) is 7.35. The molecule has 6 nitrogen and oxygen atoms in total. The monoisotopic (exact) mass is 319 g/mol. The Morgan fingerprint density at radius 2 is 2.05 bits per heavy atom. The molecule has 0 aliphatic rings. The van der Waals surface area contributed by atoms with E-state index in [9.17, 15) is 0 Å². The minimum absolute atomic E-state index is 0.191. The van der Waals surface area contributed by atoms with E-state index in [1.807, 2.05) is 18.2 Å². The van der Waals surface area contributed by atoms with Crippen LogP contribution in [0.25, 0.3) is 11.3 Å². The van der Waals surface area contributed by atoms with Crippen LogP contribution in [0.4, 0.5) is 5.95 Å². The van der Waals surface area contributed by atoms with Gasteiger partial charge in [-0.25, -0.2) is 15.0 Å². The van der Waals surface area contributed by atoms with Gasteiger partial charge in [0.25, 0.3) is 0 Å². The van der Waals surface area contributed by atoms with Crippen LogP contribution < -0.4 is 5.73 Å². The van der Waals surface area contributed by atoms with Crippen molar-refractivity contribution in [3.8, 4) is 11.3 Å². The fraction of sp³-hybridized carbons (Fsp3) is 0.0769. The molecular weight excluding hydrogens is 310 g/mol. The summed E-state index contributed by atoms with van der Waals surface area (Å²) < 4.78 is 5.68. The lowest BCUT2D eigenvalue weighted by Gasteiger charge is -1.99. The van der Waals surface area contributed by atoms with Gasteiger partial charge in [-0.05, 0) is 12.1 Å². The van der Waals surface area contributed by atoms with Crippen LogP contribution in [0.1, 0.15) is 5.89 Å². The molecule has 0 radical (unpaired) electrons. The Morgan fingerprint density at radius 3 is 2.86 bits per heavy atom. The Hall–Kier alpha value is -2.12. The first-order chi connectivity index (χ1) is 10.2. The fourth-order valence-corrected chi connectivity index (χ4v) is 2.55. The normalized spacial score (nSPS) is 10.7. The Kier molecular flexibility index (Phi) is 4.03. The lowest BCUT2D eigenvalue weighted by Crippen LogP contribution is -1.97. The summed E-state index contributed by atoms with van der Waals surface area (Å²) in [7, 11) is 0. The molecule has 2 aromatic heterocycles. The highest BCUT2D eigenvalue weighted by Crippen LogP contribution is 2.29. The maximum absolute atomic E-state index is 6.12. The summed E-state index contributed by atoms with van der Waals surface area (Å²) in [5.41, 5.74) is 6.31. The molecule has 0 bridgehead atoms. The van der Waals surface area contributed by atoms with Gasteiger partial charge in [0.15, 0.2) is 10.9 Å². The summed E-state index contributed by atoms with van der Waals surface area (Å²) in [5, 5.41) is 1.15. The number of nitrogen functional groups attached to an aromatic ring is 1. The van der Waals surface area contributed by atoms with Crippen molar-refractivity contribution in [1.29, 1.82) is 0 Å². The summed E-state index contributed by atoms with van der Waals surface area (Å²) in [4.78, 5) is 16.0. The average Bonchev–Trinajstić information content (AvgIpc) is 2.94. The number of nitrogens with two attached hydrogens (primary N) is 1. The average molecular weight is 320 g/mol. The van der Waals surface area contributed by atoms with Gasteiger partial charge in [0.2, 0.25) is 11.8 Å². The molecule has 0 spiro atoms. The summed E-state index contributed by atoms with van der Waals surface area (Å²) in [6.45, 7) is 0. The SMILES string of the molecule is Nc1ncnc(SCc2ncc(-c3ccccc3Cl)o2)n1. The topological polar surface area (TPSA) is 90.7 Å². The number of hydrogen-bond acceptors (Lipinski definition) is 7. The molecule has 0 saturated carbocycles. The molecule has 0 amide bonds. The zero-order valence-corrected chi connectivity index (χ0v) is 12.3. The maximum atomic E-state index is 6.12. The molecule has 0 saturated heterocycles. The van der Waals surface area contributed by atoms with E-state index in [-0.39, 0.29) is 5.95 Å². The predicted octanol–water partition coefficient (Wildman–Crippen LogP) is 3.05. The molecule has 8 heteroatoms. The van der Waals surface area contributed by atoms with Crippen molar-refractivity contribution in [2.75, 3.05) is 5.73 Å². The molecular formula is C13H10ClN5OS. The molecule has 0 aliphatic heterocycles. The Bertz CT molecular complexity index is 764. The number of nitrogens with zero attached hydrogens (tertiary/aromatic N) is 4. The molecule has 0 fully saturated rings. The van der Waals surface area contributed by atoms with E-state index in [4.69, 9.17) is 21.8 Å². The highest BCUT2D eigenvalue weighted by atomic mass is 35.5. The number of anilines is 1. The Morgan fingerprint density at radius 1 is 1.19 bits per heavy atom. The molecule has 2 N–H and O–H groups in total. The van der Waals surface area contributed by atoms with E-state index >= 15 is 0 Å². The number of benzene rings is 1. The van der Waals surface area contributed by atoms with Crippen LogP contribution in [0.3, 0.4) is 0 Å². The summed E-state index contributed by atoms with van der Waals surface area (Å²) in [5.74, 6) is 1.88. The van der Waals surface area contributed by atoms with Crippen LogP contribution in [0, 0.1) is 0 Å². The number of rotatable bonds is 4. The van der Waals surface area contributed by atoms with Crippen molar-refractivity contribution >= 4 is 29.3 Å². The second-order valence-corrected chi connectivity index (χ2v) is 5.36. The molecule has 21 heavy (non-hydrogen) atoms. The third-order valence-corrected chi connectivity index (χ3v) is 3.76. The van der Waals surface area contributed by atoms with Crippen molar-refractivity contribution in [2.24, 2.45) is 0 Å². The molecule has 2 heterocycles. The van der Waals surface area contributed by atoms with Gasteiger partial charge in [-0.2, -0.15) is 4.98 Å². The van der Waals surface area contributed by atoms with Crippen LogP contribution in [-0.4, -0.2) is 19.9 Å². The first kappa shape index (κ1) is 13.8. The maximum Gasteiger partial charge on any atom is 0.223 e. The van der Waals surface area contributed by atoms with Gasteiger partial charge in [-0.1, -0.05) is 35.5 Å². The van der Waals surface area contributed by atoms with Crippen LogP contribution in [0.5, 0.6) is 0 Å². The van der Waals surface area contributed by atoms with Crippen LogP contribution in [0.15, 0.2) is 46.4 Å². The molecule has 1 aromatic carbocycles. The van der Waals surface area contributed by atoms with Gasteiger partial charge in [-0.3, -0.25) is 0 Å². The largest absolute Gasteiger partial charge is 0.440 e. The van der Waals surface area contributed by atoms with Gasteiger partial charge in [-0.15, -0.1) is 0 Å². The molecule has 0 aliphatic carbocycles. The highest BCUT2D eigenvalue weighted by molar-refractivity contribution is 7.98. The van der Waals surface area contributed by atoms with Gasteiger partial charge >= 0.3 is 0 Å². The van der Waals surface area contributed by atoms with Crippen LogP contribution in [0.2, 0.25) is 5.02 Å². The van der Waals surface area contributed by atoms with Gasteiger partial charge in [0.05, 0.1) is 17.0 Å². The summed E-state index contributed by atoms with van der Waals surface area (Å²) in [6, 6.07) is 7.45. The summed E-state index contributed by atoms with van der Waals surface area (Å²) in [6.07, 6.45) is 3.02. The first-order valence-electron chi connectivity index (χ1n) is 5.99. The summed E-state index contributed by atoms with van der Waals surface area (Å²) >= 11 is 7.49. The quantitative estimate of drug-likeness (QED) is 0.739. The third-order valence-electron chi connectivity index (χ3n) is 2.59. The lowest BCUT2D eigenvalue weighted by atomic mass is 10.2. The van der Waals surface area contributed by atoms with Crippen molar-refractivity contribution in [2.45, 2.75) is 10.9 Å². The van der Waals surface area contributed by atoms with E-state index in [0.717, 1.165) is 5.56 Å². The molecule has 0 atom stereocenters. The second-order valence-electron chi connectivity index (χ2n) is 4.01. The van der Waals surface area contributed by atoms with Gasteiger partial charge < -0.3 is 10.2 Å². The number of hydrogen-bond donors (Lipinski definition) is 1.